The van der Waals surface area contributed by atoms with Crippen LogP contribution in [0.25, 0.3) is 0 Å². The summed E-state index contributed by atoms with van der Waals surface area (Å²) in [5, 5.41) is -0.0713. The topological polar surface area (TPSA) is 43.4 Å². The zero-order valence-corrected chi connectivity index (χ0v) is 10.3. The summed E-state index contributed by atoms with van der Waals surface area (Å²) in [6, 6.07) is 0. The van der Waals surface area contributed by atoms with Crippen molar-refractivity contribution >= 4 is 16.8 Å². The molecule has 0 aliphatic heterocycles. The summed E-state index contributed by atoms with van der Waals surface area (Å²) >= 11 is 0. The van der Waals surface area contributed by atoms with E-state index in [9.17, 15) is 9.00 Å². The van der Waals surface area contributed by atoms with Gasteiger partial charge in [-0.1, -0.05) is 19.8 Å². The number of ether oxygens (including phenoxy) is 1. The van der Waals surface area contributed by atoms with Gasteiger partial charge in [0.15, 0.2) is 0 Å². The predicted octanol–water partition coefficient (Wildman–Crippen LogP) is 1.88. The fourth-order valence-electron chi connectivity index (χ4n) is 1.98. The summed E-state index contributed by atoms with van der Waals surface area (Å²) in [7, 11) is 0.492. The van der Waals surface area contributed by atoms with Crippen molar-refractivity contribution in [3.63, 3.8) is 0 Å². The van der Waals surface area contributed by atoms with Crippen molar-refractivity contribution in [2.75, 3.05) is 12.9 Å². The summed E-state index contributed by atoms with van der Waals surface area (Å²) in [5.41, 5.74) is 0. The fourth-order valence-corrected chi connectivity index (χ4v) is 3.43. The third kappa shape index (κ3) is 4.33. The van der Waals surface area contributed by atoms with Crippen molar-refractivity contribution in [1.82, 2.24) is 0 Å². The molecule has 1 rings (SSSR count). The molecular formula is C11H20O3S. The van der Waals surface area contributed by atoms with E-state index in [1.807, 2.05) is 6.92 Å². The number of rotatable bonds is 5. The van der Waals surface area contributed by atoms with Crippen LogP contribution < -0.4 is 0 Å². The first-order chi connectivity index (χ1) is 7.13. The van der Waals surface area contributed by atoms with Gasteiger partial charge < -0.3 is 4.74 Å². The first-order valence-corrected chi connectivity index (χ1v) is 6.95. The van der Waals surface area contributed by atoms with E-state index < -0.39 is 10.8 Å². The van der Waals surface area contributed by atoms with Crippen molar-refractivity contribution in [2.24, 2.45) is 5.92 Å². The Hall–Kier alpha value is -0.380. The lowest BCUT2D eigenvalue weighted by molar-refractivity contribution is -0.140. The molecule has 1 fully saturated rings. The molecule has 0 bridgehead atoms. The Kier molecular flexibility index (Phi) is 5.29. The Balaban J connectivity index is 2.28. The molecule has 0 heterocycles. The van der Waals surface area contributed by atoms with Gasteiger partial charge in [0.25, 0.3) is 0 Å². The van der Waals surface area contributed by atoms with Crippen LogP contribution in [-0.2, 0) is 20.3 Å². The van der Waals surface area contributed by atoms with Gasteiger partial charge in [0.2, 0.25) is 0 Å². The number of hydrogen-bond acceptors (Lipinski definition) is 3. The van der Waals surface area contributed by atoms with E-state index in [4.69, 9.17) is 0 Å². The summed E-state index contributed by atoms with van der Waals surface area (Å²) in [5.74, 6) is 1.12. The second kappa shape index (κ2) is 6.26. The van der Waals surface area contributed by atoms with Gasteiger partial charge in [0.1, 0.15) is 0 Å². The smallest absolute Gasteiger partial charge is 0.306 e. The van der Waals surface area contributed by atoms with Crippen LogP contribution in [0.2, 0.25) is 0 Å². The van der Waals surface area contributed by atoms with E-state index in [2.05, 4.69) is 4.74 Å². The summed E-state index contributed by atoms with van der Waals surface area (Å²) in [4.78, 5) is 11.0. The highest BCUT2D eigenvalue weighted by atomic mass is 32.2. The average Bonchev–Trinajstić information content (AvgIpc) is 2.70. The van der Waals surface area contributed by atoms with Crippen LogP contribution in [0.1, 0.15) is 39.0 Å². The van der Waals surface area contributed by atoms with Crippen molar-refractivity contribution < 1.29 is 13.7 Å². The maximum absolute atomic E-state index is 11.9. The molecule has 1 saturated carbocycles. The van der Waals surface area contributed by atoms with E-state index in [1.165, 1.54) is 32.8 Å². The minimum absolute atomic E-state index is 0.0713. The molecule has 0 N–H and O–H groups in total. The Labute approximate surface area is 94.0 Å². The second-order valence-corrected chi connectivity index (χ2v) is 6.19. The molecule has 4 heteroatoms. The molecule has 1 aliphatic carbocycles. The quantitative estimate of drug-likeness (QED) is 0.680. The Morgan fingerprint density at radius 3 is 2.60 bits per heavy atom. The number of carbonyl (C=O) groups excluding carboxylic acids is 1. The monoisotopic (exact) mass is 232 g/mol. The lowest BCUT2D eigenvalue weighted by Crippen LogP contribution is -2.21. The molecule has 0 saturated heterocycles. The molecule has 0 radical (unpaired) electrons. The lowest BCUT2D eigenvalue weighted by Gasteiger charge is -2.13. The highest BCUT2D eigenvalue weighted by Gasteiger charge is 2.22. The van der Waals surface area contributed by atoms with Crippen molar-refractivity contribution in [2.45, 2.75) is 44.3 Å². The molecule has 3 nitrogen and oxygen atoms in total. The van der Waals surface area contributed by atoms with E-state index >= 15 is 0 Å². The highest BCUT2D eigenvalue weighted by molar-refractivity contribution is 7.85. The van der Waals surface area contributed by atoms with Gasteiger partial charge in [-0.15, -0.1) is 0 Å². The molecule has 1 aliphatic rings. The molecule has 2 atom stereocenters. The lowest BCUT2D eigenvalue weighted by atomic mass is 10.1. The van der Waals surface area contributed by atoms with Gasteiger partial charge in [0, 0.05) is 21.8 Å². The van der Waals surface area contributed by atoms with Gasteiger partial charge in [-0.3, -0.25) is 9.00 Å². The molecule has 88 valence electrons. The Morgan fingerprint density at radius 2 is 2.07 bits per heavy atom. The molecule has 0 aromatic carbocycles. The van der Waals surface area contributed by atoms with Gasteiger partial charge >= 0.3 is 5.97 Å². The summed E-state index contributed by atoms with van der Waals surface area (Å²) in [6.45, 7) is 1.86. The minimum atomic E-state index is -0.878. The normalized spacial score (nSPS) is 21.2. The van der Waals surface area contributed by atoms with Gasteiger partial charge in [-0.25, -0.2) is 0 Å². The fraction of sp³-hybridized carbons (Fsp3) is 0.909. The molecule has 2 unspecified atom stereocenters. The van der Waals surface area contributed by atoms with Gasteiger partial charge in [-0.2, -0.15) is 0 Å². The van der Waals surface area contributed by atoms with Crippen molar-refractivity contribution in [1.29, 1.82) is 0 Å². The first kappa shape index (κ1) is 12.7. The molecule has 0 aromatic rings. The van der Waals surface area contributed by atoms with Crippen LogP contribution in [-0.4, -0.2) is 28.3 Å². The third-order valence-electron chi connectivity index (χ3n) is 3.01. The first-order valence-electron chi connectivity index (χ1n) is 5.57. The van der Waals surface area contributed by atoms with Crippen LogP contribution >= 0.6 is 0 Å². The molecule has 15 heavy (non-hydrogen) atoms. The highest BCUT2D eigenvalue weighted by Crippen LogP contribution is 2.26. The van der Waals surface area contributed by atoms with E-state index in [1.54, 1.807) is 0 Å². The van der Waals surface area contributed by atoms with Gasteiger partial charge in [0.05, 0.1) is 13.5 Å². The molecular weight excluding hydrogens is 212 g/mol. The van der Waals surface area contributed by atoms with E-state index in [0.29, 0.717) is 5.92 Å². The predicted molar refractivity (Wildman–Crippen MR) is 61.1 cm³/mol. The Morgan fingerprint density at radius 1 is 1.47 bits per heavy atom. The molecule has 0 aromatic heterocycles. The van der Waals surface area contributed by atoms with Crippen LogP contribution in [0, 0.1) is 5.92 Å². The molecule has 0 spiro atoms. The second-order valence-electron chi connectivity index (χ2n) is 4.29. The summed E-state index contributed by atoms with van der Waals surface area (Å²) in [6.07, 6.45) is 5.23. The van der Waals surface area contributed by atoms with Crippen LogP contribution in [0.15, 0.2) is 0 Å². The van der Waals surface area contributed by atoms with Crippen LogP contribution in [0.4, 0.5) is 0 Å². The number of methoxy groups -OCH3 is 1. The SMILES string of the molecule is COC(=O)CC(C)S(=O)CC1CCCC1. The Bertz CT molecular complexity index is 234. The maximum atomic E-state index is 11.9. The number of esters is 1. The average molecular weight is 232 g/mol. The summed E-state index contributed by atoms with van der Waals surface area (Å²) < 4.78 is 16.4. The largest absolute Gasteiger partial charge is 0.469 e. The number of hydrogen-bond donors (Lipinski definition) is 0. The van der Waals surface area contributed by atoms with Crippen LogP contribution in [0.5, 0.6) is 0 Å². The number of carbonyl (C=O) groups is 1. The zero-order valence-electron chi connectivity index (χ0n) is 9.53. The van der Waals surface area contributed by atoms with E-state index in [-0.39, 0.29) is 17.6 Å². The minimum Gasteiger partial charge on any atom is -0.469 e. The standard InChI is InChI=1S/C11H20O3S/c1-9(7-11(12)14-2)15(13)8-10-5-3-4-6-10/h9-10H,3-8H2,1-2H3. The van der Waals surface area contributed by atoms with E-state index in [0.717, 1.165) is 5.75 Å². The van der Waals surface area contributed by atoms with Crippen LogP contribution in [0.3, 0.4) is 0 Å². The van der Waals surface area contributed by atoms with Gasteiger partial charge in [-0.05, 0) is 18.8 Å². The maximum Gasteiger partial charge on any atom is 0.306 e. The van der Waals surface area contributed by atoms with Crippen molar-refractivity contribution in [3.8, 4) is 0 Å². The van der Waals surface area contributed by atoms with Crippen molar-refractivity contribution in [3.05, 3.63) is 0 Å². The zero-order chi connectivity index (χ0) is 11.3. The third-order valence-corrected chi connectivity index (χ3v) is 4.87. The molecule has 0 amide bonds.